The Bertz CT molecular complexity index is 600. The Labute approximate surface area is 112 Å². The number of nitrogens with zero attached hydrogens (tertiary/aromatic N) is 2. The number of anilines is 1. The fourth-order valence-electron chi connectivity index (χ4n) is 1.75. The quantitative estimate of drug-likeness (QED) is 0.879. The van der Waals surface area contributed by atoms with Crippen LogP contribution in [0.25, 0.3) is 0 Å². The van der Waals surface area contributed by atoms with E-state index in [4.69, 9.17) is 5.26 Å². The molecule has 0 aliphatic rings. The smallest absolute Gasteiger partial charge is 0.138 e. The predicted molar refractivity (Wildman–Crippen MR) is 73.7 cm³/mol. The van der Waals surface area contributed by atoms with Gasteiger partial charge < -0.3 is 10.4 Å². The Kier molecular flexibility index (Phi) is 3.99. The van der Waals surface area contributed by atoms with E-state index in [1.807, 2.05) is 31.2 Å². The molecule has 0 saturated carbocycles. The maximum absolute atomic E-state index is 9.69. The number of nitrogens with one attached hydrogen (secondary N) is 1. The lowest BCUT2D eigenvalue weighted by Gasteiger charge is -2.08. The van der Waals surface area contributed by atoms with Gasteiger partial charge in [0.25, 0.3) is 0 Å². The second-order valence-electron chi connectivity index (χ2n) is 4.30. The largest absolute Gasteiger partial charge is 0.506 e. The summed E-state index contributed by atoms with van der Waals surface area (Å²) in [5.41, 5.74) is 3.43. The number of rotatable bonds is 4. The van der Waals surface area contributed by atoms with Crippen molar-refractivity contribution in [1.82, 2.24) is 4.98 Å². The third-order valence-electron chi connectivity index (χ3n) is 2.79. The highest BCUT2D eigenvalue weighted by Crippen LogP contribution is 2.17. The van der Waals surface area contributed by atoms with Crippen molar-refractivity contribution >= 4 is 5.69 Å². The molecule has 0 unspecified atom stereocenters. The molecule has 0 bridgehead atoms. The van der Waals surface area contributed by atoms with Gasteiger partial charge in [0.15, 0.2) is 0 Å². The minimum atomic E-state index is 0.194. The molecule has 0 atom stereocenters. The summed E-state index contributed by atoms with van der Waals surface area (Å²) in [5, 5.41) is 21.5. The van der Waals surface area contributed by atoms with Gasteiger partial charge >= 0.3 is 0 Å². The molecule has 4 nitrogen and oxygen atoms in total. The number of aromatic nitrogens is 1. The van der Waals surface area contributed by atoms with Crippen LogP contribution in [-0.2, 0) is 13.0 Å². The van der Waals surface area contributed by atoms with Crippen LogP contribution in [0.2, 0.25) is 0 Å². The van der Waals surface area contributed by atoms with Gasteiger partial charge in [0.2, 0.25) is 0 Å². The van der Waals surface area contributed by atoms with E-state index >= 15 is 0 Å². The first-order valence-corrected chi connectivity index (χ1v) is 6.04. The topological polar surface area (TPSA) is 68.9 Å². The Balaban J connectivity index is 2.02. The molecule has 0 aliphatic carbocycles. The van der Waals surface area contributed by atoms with Crippen molar-refractivity contribution in [3.05, 3.63) is 53.3 Å². The summed E-state index contributed by atoms with van der Waals surface area (Å²) in [5.74, 6) is 0.194. The maximum Gasteiger partial charge on any atom is 0.138 e. The maximum atomic E-state index is 9.69. The van der Waals surface area contributed by atoms with Crippen LogP contribution in [0.5, 0.6) is 5.75 Å². The number of benzene rings is 1. The monoisotopic (exact) mass is 253 g/mol. The standard InChI is InChI=1S/C15H15N3O/c1-11-2-7-15(19)14(18-11)10-17-13-5-3-12(4-6-13)8-9-16/h2-7,17,19H,8,10H2,1H3. The second-order valence-corrected chi connectivity index (χ2v) is 4.30. The summed E-state index contributed by atoms with van der Waals surface area (Å²) in [4.78, 5) is 4.28. The van der Waals surface area contributed by atoms with Gasteiger partial charge in [0, 0.05) is 11.4 Å². The van der Waals surface area contributed by atoms with Crippen molar-refractivity contribution in [3.8, 4) is 11.8 Å². The van der Waals surface area contributed by atoms with E-state index in [9.17, 15) is 5.11 Å². The Morgan fingerprint density at radius 2 is 1.95 bits per heavy atom. The van der Waals surface area contributed by atoms with Crippen molar-refractivity contribution in [1.29, 1.82) is 5.26 Å². The normalized spacial score (nSPS) is 9.89. The summed E-state index contributed by atoms with van der Waals surface area (Å²) in [7, 11) is 0. The van der Waals surface area contributed by atoms with Crippen LogP contribution in [0.1, 0.15) is 17.0 Å². The van der Waals surface area contributed by atoms with Crippen molar-refractivity contribution in [2.75, 3.05) is 5.32 Å². The fourth-order valence-corrected chi connectivity index (χ4v) is 1.75. The zero-order valence-electron chi connectivity index (χ0n) is 10.7. The highest BCUT2D eigenvalue weighted by atomic mass is 16.3. The van der Waals surface area contributed by atoms with Gasteiger partial charge in [0.05, 0.1) is 19.0 Å². The van der Waals surface area contributed by atoms with Crippen LogP contribution in [0.4, 0.5) is 5.69 Å². The molecular formula is C15H15N3O. The lowest BCUT2D eigenvalue weighted by molar-refractivity contribution is 0.464. The molecule has 2 aromatic rings. The summed E-state index contributed by atoms with van der Waals surface area (Å²) in [6.45, 7) is 2.35. The minimum absolute atomic E-state index is 0.194. The van der Waals surface area contributed by atoms with Gasteiger partial charge in [-0.1, -0.05) is 12.1 Å². The first-order valence-electron chi connectivity index (χ1n) is 6.04. The molecule has 0 saturated heterocycles. The van der Waals surface area contributed by atoms with Gasteiger partial charge in [-0.2, -0.15) is 5.26 Å². The van der Waals surface area contributed by atoms with Gasteiger partial charge in [-0.3, -0.25) is 4.98 Å². The third-order valence-corrected chi connectivity index (χ3v) is 2.79. The van der Waals surface area contributed by atoms with Crippen LogP contribution in [-0.4, -0.2) is 10.1 Å². The number of nitriles is 1. The summed E-state index contributed by atoms with van der Waals surface area (Å²) in [6, 6.07) is 13.2. The molecule has 0 amide bonds. The van der Waals surface area contributed by atoms with E-state index in [-0.39, 0.29) is 5.75 Å². The van der Waals surface area contributed by atoms with E-state index in [2.05, 4.69) is 16.4 Å². The van der Waals surface area contributed by atoms with Crippen molar-refractivity contribution in [3.63, 3.8) is 0 Å². The van der Waals surface area contributed by atoms with E-state index in [1.165, 1.54) is 0 Å². The van der Waals surface area contributed by atoms with E-state index in [1.54, 1.807) is 12.1 Å². The molecular weight excluding hydrogens is 238 g/mol. The first-order chi connectivity index (χ1) is 9.19. The number of hydrogen-bond donors (Lipinski definition) is 2. The van der Waals surface area contributed by atoms with Gasteiger partial charge in [0.1, 0.15) is 11.4 Å². The molecule has 0 spiro atoms. The first kappa shape index (κ1) is 12.9. The highest BCUT2D eigenvalue weighted by molar-refractivity contribution is 5.46. The summed E-state index contributed by atoms with van der Waals surface area (Å²) in [6.07, 6.45) is 0.417. The zero-order chi connectivity index (χ0) is 13.7. The van der Waals surface area contributed by atoms with Gasteiger partial charge in [-0.25, -0.2) is 0 Å². The number of aryl methyl sites for hydroxylation is 1. The summed E-state index contributed by atoms with van der Waals surface area (Å²) < 4.78 is 0. The van der Waals surface area contributed by atoms with Crippen LogP contribution >= 0.6 is 0 Å². The average molecular weight is 253 g/mol. The molecule has 0 aliphatic heterocycles. The van der Waals surface area contributed by atoms with Crippen LogP contribution in [0, 0.1) is 18.3 Å². The van der Waals surface area contributed by atoms with Crippen molar-refractivity contribution in [2.45, 2.75) is 19.9 Å². The second kappa shape index (κ2) is 5.87. The molecule has 96 valence electrons. The van der Waals surface area contributed by atoms with Crippen molar-refractivity contribution < 1.29 is 5.11 Å². The number of aromatic hydroxyl groups is 1. The zero-order valence-corrected chi connectivity index (χ0v) is 10.7. The van der Waals surface area contributed by atoms with E-state index in [0.717, 1.165) is 16.9 Å². The van der Waals surface area contributed by atoms with E-state index in [0.29, 0.717) is 18.7 Å². The minimum Gasteiger partial charge on any atom is -0.506 e. The third kappa shape index (κ3) is 3.46. The molecule has 2 rings (SSSR count). The number of pyridine rings is 1. The molecule has 0 radical (unpaired) electrons. The van der Waals surface area contributed by atoms with Crippen LogP contribution in [0.3, 0.4) is 0 Å². The Hall–Kier alpha value is -2.54. The molecule has 1 heterocycles. The SMILES string of the molecule is Cc1ccc(O)c(CNc2ccc(CC#N)cc2)n1. The van der Waals surface area contributed by atoms with Gasteiger partial charge in [-0.15, -0.1) is 0 Å². The Morgan fingerprint density at radius 1 is 1.21 bits per heavy atom. The van der Waals surface area contributed by atoms with Crippen molar-refractivity contribution in [2.24, 2.45) is 0 Å². The fraction of sp³-hybridized carbons (Fsp3) is 0.200. The van der Waals surface area contributed by atoms with E-state index < -0.39 is 0 Å². The molecule has 4 heteroatoms. The lowest BCUT2D eigenvalue weighted by atomic mass is 10.1. The van der Waals surface area contributed by atoms with Crippen LogP contribution < -0.4 is 5.32 Å². The molecule has 1 aromatic heterocycles. The molecule has 2 N–H and O–H groups in total. The lowest BCUT2D eigenvalue weighted by Crippen LogP contribution is -2.02. The molecule has 1 aromatic carbocycles. The number of hydrogen-bond acceptors (Lipinski definition) is 4. The predicted octanol–water partition coefficient (Wildman–Crippen LogP) is 2.77. The Morgan fingerprint density at radius 3 is 2.63 bits per heavy atom. The summed E-state index contributed by atoms with van der Waals surface area (Å²) >= 11 is 0. The molecule has 19 heavy (non-hydrogen) atoms. The molecule has 0 fully saturated rings. The van der Waals surface area contributed by atoms with Crippen LogP contribution in [0.15, 0.2) is 36.4 Å². The average Bonchev–Trinajstić information content (AvgIpc) is 2.42. The highest BCUT2D eigenvalue weighted by Gasteiger charge is 2.03. The van der Waals surface area contributed by atoms with Gasteiger partial charge in [-0.05, 0) is 36.8 Å².